The van der Waals surface area contributed by atoms with E-state index in [4.69, 9.17) is 23.2 Å². The zero-order valence-electron chi connectivity index (χ0n) is 12.2. The summed E-state index contributed by atoms with van der Waals surface area (Å²) >= 11 is 12.1. The number of hydrogen-bond acceptors (Lipinski definition) is 4. The van der Waals surface area contributed by atoms with E-state index in [1.807, 2.05) is 0 Å². The SMILES string of the molecule is O=C(c1ccccc1)c1c(Cl)nnc(Cl)c1C(=O)c1ccccc1. The fraction of sp³-hybridized carbons (Fsp3) is 0. The van der Waals surface area contributed by atoms with Crippen LogP contribution in [0.2, 0.25) is 10.3 Å². The molecule has 3 rings (SSSR count). The Bertz CT molecular complexity index is 837. The van der Waals surface area contributed by atoms with E-state index in [1.165, 1.54) is 0 Å². The van der Waals surface area contributed by atoms with Gasteiger partial charge in [0, 0.05) is 11.1 Å². The molecule has 0 saturated heterocycles. The van der Waals surface area contributed by atoms with Crippen molar-refractivity contribution in [1.82, 2.24) is 10.2 Å². The van der Waals surface area contributed by atoms with Crippen LogP contribution in [0.1, 0.15) is 31.8 Å². The maximum absolute atomic E-state index is 12.8. The molecule has 0 aliphatic carbocycles. The number of ketones is 2. The molecule has 3 aromatic rings. The molecule has 1 heterocycles. The lowest BCUT2D eigenvalue weighted by Gasteiger charge is -2.10. The molecule has 0 radical (unpaired) electrons. The fourth-order valence-corrected chi connectivity index (χ4v) is 2.71. The van der Waals surface area contributed by atoms with Gasteiger partial charge in [-0.05, 0) is 0 Å². The van der Waals surface area contributed by atoms with Gasteiger partial charge < -0.3 is 0 Å². The highest BCUT2D eigenvalue weighted by Crippen LogP contribution is 2.28. The molecule has 0 bridgehead atoms. The van der Waals surface area contributed by atoms with Crippen LogP contribution < -0.4 is 0 Å². The van der Waals surface area contributed by atoms with E-state index in [0.717, 1.165) is 0 Å². The van der Waals surface area contributed by atoms with Gasteiger partial charge in [0.2, 0.25) is 0 Å². The van der Waals surface area contributed by atoms with Gasteiger partial charge in [-0.15, -0.1) is 10.2 Å². The third-order valence-electron chi connectivity index (χ3n) is 3.41. The summed E-state index contributed by atoms with van der Waals surface area (Å²) in [6, 6.07) is 17.0. The van der Waals surface area contributed by atoms with Crippen LogP contribution in [0, 0.1) is 0 Å². The molecule has 0 amide bonds. The summed E-state index contributed by atoms with van der Waals surface area (Å²) in [6.07, 6.45) is 0. The lowest BCUT2D eigenvalue weighted by atomic mass is 9.96. The number of carbonyl (C=O) groups is 2. The molecule has 2 aromatic carbocycles. The average molecular weight is 357 g/mol. The Balaban J connectivity index is 2.19. The Labute approximate surface area is 148 Å². The van der Waals surface area contributed by atoms with Crippen molar-refractivity contribution >= 4 is 34.8 Å². The lowest BCUT2D eigenvalue weighted by Crippen LogP contribution is -2.15. The van der Waals surface area contributed by atoms with Crippen molar-refractivity contribution in [2.24, 2.45) is 0 Å². The van der Waals surface area contributed by atoms with Crippen molar-refractivity contribution in [2.45, 2.75) is 0 Å². The topological polar surface area (TPSA) is 59.9 Å². The molecule has 24 heavy (non-hydrogen) atoms. The van der Waals surface area contributed by atoms with E-state index >= 15 is 0 Å². The van der Waals surface area contributed by atoms with Gasteiger partial charge in [0.05, 0.1) is 11.1 Å². The third kappa shape index (κ3) is 3.07. The summed E-state index contributed by atoms with van der Waals surface area (Å²) < 4.78 is 0. The van der Waals surface area contributed by atoms with E-state index in [9.17, 15) is 9.59 Å². The van der Waals surface area contributed by atoms with Crippen molar-refractivity contribution < 1.29 is 9.59 Å². The van der Waals surface area contributed by atoms with Gasteiger partial charge in [-0.25, -0.2) is 0 Å². The predicted molar refractivity (Wildman–Crippen MR) is 91.8 cm³/mol. The van der Waals surface area contributed by atoms with E-state index in [-0.39, 0.29) is 21.4 Å². The first-order valence-electron chi connectivity index (χ1n) is 7.00. The lowest BCUT2D eigenvalue weighted by molar-refractivity contribution is 0.100. The first kappa shape index (κ1) is 16.3. The maximum Gasteiger partial charge on any atom is 0.197 e. The average Bonchev–Trinajstić information content (AvgIpc) is 2.63. The Morgan fingerprint density at radius 2 is 0.958 bits per heavy atom. The molecule has 0 unspecified atom stereocenters. The standard InChI is InChI=1S/C18H10Cl2N2O2/c19-17-13(15(23)11-7-3-1-4-8-11)14(18(20)22-21-17)16(24)12-9-5-2-6-10-12/h1-10H. The first-order chi connectivity index (χ1) is 11.6. The van der Waals surface area contributed by atoms with Crippen LogP contribution in [-0.4, -0.2) is 21.8 Å². The second-order valence-corrected chi connectivity index (χ2v) is 5.64. The van der Waals surface area contributed by atoms with Crippen LogP contribution in [0.5, 0.6) is 0 Å². The van der Waals surface area contributed by atoms with Crippen molar-refractivity contribution in [1.29, 1.82) is 0 Å². The molecule has 0 spiro atoms. The molecular formula is C18H10Cl2N2O2. The molecule has 1 aromatic heterocycles. The largest absolute Gasteiger partial charge is 0.288 e. The Kier molecular flexibility index (Phi) is 4.69. The Morgan fingerprint density at radius 1 is 0.625 bits per heavy atom. The maximum atomic E-state index is 12.8. The minimum absolute atomic E-state index is 0.0447. The zero-order chi connectivity index (χ0) is 17.1. The Hall–Kier alpha value is -2.56. The number of aromatic nitrogens is 2. The van der Waals surface area contributed by atoms with Gasteiger partial charge in [0.15, 0.2) is 21.9 Å². The molecule has 0 fully saturated rings. The fourth-order valence-electron chi connectivity index (χ4n) is 2.28. The van der Waals surface area contributed by atoms with Gasteiger partial charge in [-0.2, -0.15) is 0 Å². The number of hydrogen-bond donors (Lipinski definition) is 0. The summed E-state index contributed by atoms with van der Waals surface area (Å²) in [4.78, 5) is 25.6. The van der Waals surface area contributed by atoms with Gasteiger partial charge in [-0.3, -0.25) is 9.59 Å². The number of nitrogens with zero attached hydrogens (tertiary/aromatic N) is 2. The smallest absolute Gasteiger partial charge is 0.197 e. The molecule has 4 nitrogen and oxygen atoms in total. The Morgan fingerprint density at radius 3 is 1.29 bits per heavy atom. The molecule has 0 saturated carbocycles. The number of benzene rings is 2. The van der Waals surface area contributed by atoms with E-state index in [0.29, 0.717) is 11.1 Å². The van der Waals surface area contributed by atoms with Crippen LogP contribution in [0.3, 0.4) is 0 Å². The summed E-state index contributed by atoms with van der Waals surface area (Å²) in [6.45, 7) is 0. The molecule has 118 valence electrons. The molecule has 0 aliphatic heterocycles. The van der Waals surface area contributed by atoms with Gasteiger partial charge in [-0.1, -0.05) is 83.9 Å². The van der Waals surface area contributed by atoms with Gasteiger partial charge in [0.1, 0.15) is 0 Å². The summed E-state index contributed by atoms with van der Waals surface area (Å²) in [5.74, 6) is -0.867. The second kappa shape index (κ2) is 6.91. The molecule has 6 heteroatoms. The highest BCUT2D eigenvalue weighted by atomic mass is 35.5. The molecule has 0 N–H and O–H groups in total. The third-order valence-corrected chi connectivity index (χ3v) is 3.94. The number of carbonyl (C=O) groups excluding carboxylic acids is 2. The molecule has 0 atom stereocenters. The molecular weight excluding hydrogens is 347 g/mol. The van der Waals surface area contributed by atoms with Gasteiger partial charge >= 0.3 is 0 Å². The highest BCUT2D eigenvalue weighted by molar-refractivity contribution is 6.39. The highest BCUT2D eigenvalue weighted by Gasteiger charge is 2.27. The number of halogens is 2. The quantitative estimate of drug-likeness (QED) is 0.655. The van der Waals surface area contributed by atoms with Crippen molar-refractivity contribution in [3.8, 4) is 0 Å². The normalized spacial score (nSPS) is 10.4. The van der Waals surface area contributed by atoms with Crippen molar-refractivity contribution in [3.63, 3.8) is 0 Å². The van der Waals surface area contributed by atoms with Crippen molar-refractivity contribution in [3.05, 3.63) is 93.2 Å². The predicted octanol–water partition coefficient (Wildman–Crippen LogP) is 4.25. The number of rotatable bonds is 4. The van der Waals surface area contributed by atoms with Crippen LogP contribution in [0.4, 0.5) is 0 Å². The van der Waals surface area contributed by atoms with Crippen molar-refractivity contribution in [2.75, 3.05) is 0 Å². The summed E-state index contributed by atoms with van der Waals surface area (Å²) in [7, 11) is 0. The summed E-state index contributed by atoms with van der Waals surface area (Å²) in [5.41, 5.74) is 0.671. The minimum atomic E-state index is -0.434. The van der Waals surface area contributed by atoms with E-state index in [2.05, 4.69) is 10.2 Å². The summed E-state index contributed by atoms with van der Waals surface area (Å²) in [5, 5.41) is 7.03. The van der Waals surface area contributed by atoms with Crippen LogP contribution in [0.25, 0.3) is 0 Å². The van der Waals surface area contributed by atoms with E-state index in [1.54, 1.807) is 60.7 Å². The van der Waals surface area contributed by atoms with Crippen LogP contribution in [-0.2, 0) is 0 Å². The van der Waals surface area contributed by atoms with Gasteiger partial charge in [0.25, 0.3) is 0 Å². The second-order valence-electron chi connectivity index (χ2n) is 4.92. The first-order valence-corrected chi connectivity index (χ1v) is 7.76. The minimum Gasteiger partial charge on any atom is -0.288 e. The van der Waals surface area contributed by atoms with E-state index < -0.39 is 11.6 Å². The van der Waals surface area contributed by atoms with Crippen LogP contribution >= 0.6 is 23.2 Å². The molecule has 0 aliphatic rings. The monoisotopic (exact) mass is 356 g/mol. The zero-order valence-corrected chi connectivity index (χ0v) is 13.8. The van der Waals surface area contributed by atoms with Crippen LogP contribution in [0.15, 0.2) is 60.7 Å².